The van der Waals surface area contributed by atoms with Crippen molar-refractivity contribution in [1.82, 2.24) is 4.57 Å². The van der Waals surface area contributed by atoms with Gasteiger partial charge in [0.2, 0.25) is 0 Å². The van der Waals surface area contributed by atoms with Crippen molar-refractivity contribution in [2.75, 3.05) is 5.32 Å². The number of benzene rings is 2. The molecule has 0 unspecified atom stereocenters. The largest absolute Gasteiger partial charge is 0.321 e. The molecule has 1 amide bonds. The molecule has 0 atom stereocenters. The number of amides is 1. The summed E-state index contributed by atoms with van der Waals surface area (Å²) >= 11 is 0. The van der Waals surface area contributed by atoms with Crippen molar-refractivity contribution in [3.05, 3.63) is 104 Å². The van der Waals surface area contributed by atoms with Crippen molar-refractivity contribution < 1.29 is 9.72 Å². The molecule has 1 N–H and O–H groups in total. The summed E-state index contributed by atoms with van der Waals surface area (Å²) in [6.45, 7) is 4.03. The molecule has 0 aliphatic heterocycles. The van der Waals surface area contributed by atoms with Gasteiger partial charge in [-0.3, -0.25) is 19.7 Å². The number of non-ortho nitro benzene ring substituents is 1. The van der Waals surface area contributed by atoms with Crippen LogP contribution in [-0.4, -0.2) is 15.4 Å². The van der Waals surface area contributed by atoms with Crippen LogP contribution in [0.25, 0.3) is 0 Å². The van der Waals surface area contributed by atoms with Crippen LogP contribution in [0.5, 0.6) is 0 Å². The predicted molar refractivity (Wildman–Crippen MR) is 107 cm³/mol. The summed E-state index contributed by atoms with van der Waals surface area (Å²) < 4.78 is 1.47. The third kappa shape index (κ3) is 3.98. The number of carbonyl (C=O) groups excluding carboxylic acids is 1. The van der Waals surface area contributed by atoms with Gasteiger partial charge in [-0.2, -0.15) is 0 Å². The highest BCUT2D eigenvalue weighted by Gasteiger charge is 2.16. The number of rotatable bonds is 5. The lowest BCUT2D eigenvalue weighted by Crippen LogP contribution is -2.29. The average Bonchev–Trinajstić information content (AvgIpc) is 2.66. The average molecular weight is 377 g/mol. The van der Waals surface area contributed by atoms with E-state index < -0.39 is 16.4 Å². The highest BCUT2D eigenvalue weighted by molar-refractivity contribution is 6.04. The van der Waals surface area contributed by atoms with E-state index in [2.05, 4.69) is 5.32 Å². The zero-order valence-corrected chi connectivity index (χ0v) is 15.5. The van der Waals surface area contributed by atoms with Crippen LogP contribution in [0.15, 0.2) is 65.6 Å². The van der Waals surface area contributed by atoms with Gasteiger partial charge in [0.05, 0.1) is 17.2 Å². The monoisotopic (exact) mass is 377 g/mol. The van der Waals surface area contributed by atoms with E-state index in [-0.39, 0.29) is 11.3 Å². The number of aromatic nitrogens is 1. The van der Waals surface area contributed by atoms with Gasteiger partial charge < -0.3 is 9.88 Å². The molecule has 0 saturated heterocycles. The van der Waals surface area contributed by atoms with E-state index in [1.165, 1.54) is 22.8 Å². The first kappa shape index (κ1) is 19.0. The number of pyridine rings is 1. The Morgan fingerprint density at radius 3 is 2.54 bits per heavy atom. The van der Waals surface area contributed by atoms with Gasteiger partial charge >= 0.3 is 0 Å². The fraction of sp³-hybridized carbons (Fsp3) is 0.143. The molecule has 7 heteroatoms. The zero-order chi connectivity index (χ0) is 20.3. The number of nitrogens with one attached hydrogen (secondary N) is 1. The van der Waals surface area contributed by atoms with Gasteiger partial charge in [0.1, 0.15) is 5.56 Å². The minimum atomic E-state index is -0.604. The van der Waals surface area contributed by atoms with Crippen molar-refractivity contribution >= 4 is 17.3 Å². The number of aryl methyl sites for hydroxylation is 2. The second-order valence-corrected chi connectivity index (χ2v) is 6.49. The Labute approximate surface area is 161 Å². The Morgan fingerprint density at radius 1 is 1.07 bits per heavy atom. The molecule has 3 rings (SSSR count). The summed E-state index contributed by atoms with van der Waals surface area (Å²) in [7, 11) is 0. The SMILES string of the molecule is Cc1ccccc1Cn1cccc(C(=O)Nc2cc([N+](=O)[O-])ccc2C)c1=O. The van der Waals surface area contributed by atoms with Gasteiger partial charge in [-0.05, 0) is 42.7 Å². The minimum Gasteiger partial charge on any atom is -0.321 e. The first-order valence-corrected chi connectivity index (χ1v) is 8.67. The Balaban J connectivity index is 1.89. The van der Waals surface area contributed by atoms with E-state index in [4.69, 9.17) is 0 Å². The van der Waals surface area contributed by atoms with Crippen molar-refractivity contribution in [2.45, 2.75) is 20.4 Å². The van der Waals surface area contributed by atoms with Crippen LogP contribution in [0.1, 0.15) is 27.0 Å². The highest BCUT2D eigenvalue weighted by atomic mass is 16.6. The second kappa shape index (κ2) is 7.87. The number of nitro benzene ring substituents is 1. The quantitative estimate of drug-likeness (QED) is 0.542. The summed E-state index contributed by atoms with van der Waals surface area (Å²) in [5.74, 6) is -0.604. The highest BCUT2D eigenvalue weighted by Crippen LogP contribution is 2.22. The van der Waals surface area contributed by atoms with E-state index in [0.29, 0.717) is 17.8 Å². The van der Waals surface area contributed by atoms with Crippen LogP contribution in [0.2, 0.25) is 0 Å². The number of nitro groups is 1. The Kier molecular flexibility index (Phi) is 5.35. The first-order valence-electron chi connectivity index (χ1n) is 8.67. The van der Waals surface area contributed by atoms with Gasteiger partial charge in [0, 0.05) is 18.3 Å². The normalized spacial score (nSPS) is 10.5. The van der Waals surface area contributed by atoms with Crippen LogP contribution in [0, 0.1) is 24.0 Å². The fourth-order valence-corrected chi connectivity index (χ4v) is 2.85. The maximum atomic E-state index is 12.8. The molecule has 0 spiro atoms. The maximum absolute atomic E-state index is 12.8. The molecule has 1 aromatic heterocycles. The van der Waals surface area contributed by atoms with Crippen molar-refractivity contribution in [3.8, 4) is 0 Å². The summed E-state index contributed by atoms with van der Waals surface area (Å²) in [5.41, 5.74) is 2.41. The van der Waals surface area contributed by atoms with Crippen LogP contribution in [0.4, 0.5) is 11.4 Å². The molecule has 0 aliphatic carbocycles. The van der Waals surface area contributed by atoms with Gasteiger partial charge in [-0.1, -0.05) is 30.3 Å². The Hall–Kier alpha value is -3.74. The molecule has 2 aromatic carbocycles. The molecule has 0 aliphatic rings. The number of carbonyl (C=O) groups is 1. The number of hydrogen-bond acceptors (Lipinski definition) is 4. The second-order valence-electron chi connectivity index (χ2n) is 6.49. The van der Waals surface area contributed by atoms with Gasteiger partial charge in [-0.25, -0.2) is 0 Å². The molecule has 0 saturated carbocycles. The topological polar surface area (TPSA) is 94.2 Å². The fourth-order valence-electron chi connectivity index (χ4n) is 2.85. The van der Waals surface area contributed by atoms with Gasteiger partial charge in [0.15, 0.2) is 0 Å². The molecular weight excluding hydrogens is 358 g/mol. The number of hydrogen-bond donors (Lipinski definition) is 1. The lowest BCUT2D eigenvalue weighted by atomic mass is 10.1. The zero-order valence-electron chi connectivity index (χ0n) is 15.5. The van der Waals surface area contributed by atoms with Crippen molar-refractivity contribution in [2.24, 2.45) is 0 Å². The molecule has 1 heterocycles. The van der Waals surface area contributed by atoms with Crippen LogP contribution < -0.4 is 10.9 Å². The molecule has 28 heavy (non-hydrogen) atoms. The lowest BCUT2D eigenvalue weighted by Gasteiger charge is -2.11. The molecule has 7 nitrogen and oxygen atoms in total. The standard InChI is InChI=1S/C21H19N3O4/c1-14-6-3-4-7-16(14)13-23-11-5-8-18(21(23)26)20(25)22-19-12-17(24(27)28)10-9-15(19)2/h3-12H,13H2,1-2H3,(H,22,25). The van der Waals surface area contributed by atoms with E-state index in [1.54, 1.807) is 25.3 Å². The summed E-state index contributed by atoms with van der Waals surface area (Å²) in [4.78, 5) is 35.8. The minimum absolute atomic E-state index is 0.0259. The van der Waals surface area contributed by atoms with E-state index in [1.807, 2.05) is 31.2 Å². The molecule has 0 bridgehead atoms. The van der Waals surface area contributed by atoms with Gasteiger partial charge in [-0.15, -0.1) is 0 Å². The number of nitrogens with zero attached hydrogens (tertiary/aromatic N) is 2. The van der Waals surface area contributed by atoms with Crippen LogP contribution >= 0.6 is 0 Å². The first-order chi connectivity index (χ1) is 13.4. The van der Waals surface area contributed by atoms with Crippen LogP contribution in [0.3, 0.4) is 0 Å². The maximum Gasteiger partial charge on any atom is 0.271 e. The molecule has 0 radical (unpaired) electrons. The smallest absolute Gasteiger partial charge is 0.271 e. The van der Waals surface area contributed by atoms with Crippen LogP contribution in [-0.2, 0) is 6.54 Å². The molecule has 3 aromatic rings. The molecule has 142 valence electrons. The Bertz CT molecular complexity index is 1120. The summed E-state index contributed by atoms with van der Waals surface area (Å²) in [6, 6.07) is 15.0. The third-order valence-electron chi connectivity index (χ3n) is 4.55. The predicted octanol–water partition coefficient (Wildman–Crippen LogP) is 3.67. The van der Waals surface area contributed by atoms with E-state index >= 15 is 0 Å². The number of anilines is 1. The lowest BCUT2D eigenvalue weighted by molar-refractivity contribution is -0.384. The van der Waals surface area contributed by atoms with E-state index in [0.717, 1.165) is 11.1 Å². The Morgan fingerprint density at radius 2 is 1.82 bits per heavy atom. The third-order valence-corrected chi connectivity index (χ3v) is 4.55. The van der Waals surface area contributed by atoms with Crippen molar-refractivity contribution in [3.63, 3.8) is 0 Å². The summed E-state index contributed by atoms with van der Waals surface area (Å²) in [6.07, 6.45) is 1.63. The van der Waals surface area contributed by atoms with Crippen molar-refractivity contribution in [1.29, 1.82) is 0 Å². The molecular formula is C21H19N3O4. The summed E-state index contributed by atoms with van der Waals surface area (Å²) in [5, 5.41) is 13.6. The van der Waals surface area contributed by atoms with Gasteiger partial charge in [0.25, 0.3) is 17.2 Å². The molecule has 0 fully saturated rings. The van der Waals surface area contributed by atoms with E-state index in [9.17, 15) is 19.7 Å².